The van der Waals surface area contributed by atoms with Gasteiger partial charge < -0.3 is 9.15 Å². The number of ether oxygens (including phenoxy) is 1. The Kier molecular flexibility index (Phi) is 4.01. The van der Waals surface area contributed by atoms with E-state index in [0.717, 1.165) is 30.1 Å². The Labute approximate surface area is 135 Å². The number of halogens is 3. The van der Waals surface area contributed by atoms with Crippen molar-refractivity contribution in [2.45, 2.75) is 16.5 Å². The van der Waals surface area contributed by atoms with Crippen molar-refractivity contribution < 1.29 is 27.2 Å². The minimum absolute atomic E-state index is 0.108. The normalized spacial score (nSPS) is 11.6. The lowest BCUT2D eigenvalue weighted by Gasteiger charge is -2.10. The van der Waals surface area contributed by atoms with E-state index in [-0.39, 0.29) is 26.7 Å². The van der Waals surface area contributed by atoms with Gasteiger partial charge in [0.1, 0.15) is 23.1 Å². The van der Waals surface area contributed by atoms with Crippen LogP contribution in [0.5, 0.6) is 5.75 Å². The third-order valence-corrected chi connectivity index (χ3v) is 3.81. The minimum atomic E-state index is -4.84. The monoisotopic (exact) mass is 357 g/mol. The summed E-state index contributed by atoms with van der Waals surface area (Å²) in [5.74, 6) is -0.469. The molecule has 11 heteroatoms. The summed E-state index contributed by atoms with van der Waals surface area (Å²) < 4.78 is 45.7. The molecule has 1 aromatic carbocycles. The predicted molar refractivity (Wildman–Crippen MR) is 75.7 cm³/mol. The van der Waals surface area contributed by atoms with Gasteiger partial charge in [-0.2, -0.15) is 0 Å². The zero-order valence-electron chi connectivity index (χ0n) is 11.5. The molecule has 0 unspecified atom stereocenters. The van der Waals surface area contributed by atoms with E-state index < -0.39 is 17.0 Å². The molecule has 124 valence electrons. The van der Waals surface area contributed by atoms with E-state index in [1.54, 1.807) is 0 Å². The summed E-state index contributed by atoms with van der Waals surface area (Å²) >= 11 is 0.875. The first-order chi connectivity index (χ1) is 11.3. The lowest BCUT2D eigenvalue weighted by molar-refractivity contribution is -0.387. The van der Waals surface area contributed by atoms with E-state index in [1.807, 2.05) is 0 Å². The Bertz CT molecular complexity index is 899. The lowest BCUT2D eigenvalue weighted by atomic mass is 10.2. The summed E-state index contributed by atoms with van der Waals surface area (Å²) in [6.07, 6.45) is -1.21. The molecular weight excluding hydrogens is 351 g/mol. The quantitative estimate of drug-likeness (QED) is 0.511. The molecule has 0 spiro atoms. The number of hydrogen-bond donors (Lipinski definition) is 0. The summed E-state index contributed by atoms with van der Waals surface area (Å²) in [7, 11) is 0. The second kappa shape index (κ2) is 6.00. The minimum Gasteiger partial charge on any atom is -0.440 e. The van der Waals surface area contributed by atoms with Gasteiger partial charge >= 0.3 is 12.0 Å². The largest absolute Gasteiger partial charge is 0.573 e. The van der Waals surface area contributed by atoms with Crippen molar-refractivity contribution in [1.29, 1.82) is 0 Å². The van der Waals surface area contributed by atoms with Gasteiger partial charge in [-0.15, -0.1) is 13.2 Å². The summed E-state index contributed by atoms with van der Waals surface area (Å²) in [5, 5.41) is 11.6. The Hall–Kier alpha value is -2.82. The van der Waals surface area contributed by atoms with Gasteiger partial charge in [-0.25, -0.2) is 9.97 Å². The average Bonchev–Trinajstić information content (AvgIpc) is 2.98. The van der Waals surface area contributed by atoms with E-state index in [2.05, 4.69) is 14.7 Å². The van der Waals surface area contributed by atoms with E-state index in [9.17, 15) is 23.3 Å². The molecule has 0 aliphatic rings. The van der Waals surface area contributed by atoms with Crippen molar-refractivity contribution in [3.05, 3.63) is 47.0 Å². The molecule has 7 nitrogen and oxygen atoms in total. The van der Waals surface area contributed by atoms with Crippen LogP contribution in [0.3, 0.4) is 0 Å². The van der Waals surface area contributed by atoms with Gasteiger partial charge in [-0.1, -0.05) is 0 Å². The van der Waals surface area contributed by atoms with Crippen LogP contribution in [0.2, 0.25) is 0 Å². The Morgan fingerprint density at radius 2 is 2.08 bits per heavy atom. The topological polar surface area (TPSA) is 91.3 Å². The molecule has 0 bridgehead atoms. The number of nitrogens with zero attached hydrogens (tertiary/aromatic N) is 3. The first kappa shape index (κ1) is 16.1. The molecular formula is C13H6F3N3O4S. The number of hydrogen-bond acceptors (Lipinski definition) is 7. The molecule has 3 rings (SSSR count). The zero-order chi connectivity index (χ0) is 17.3. The Morgan fingerprint density at radius 1 is 1.29 bits per heavy atom. The van der Waals surface area contributed by atoms with Crippen molar-refractivity contribution in [3.8, 4) is 5.75 Å². The molecule has 24 heavy (non-hydrogen) atoms. The first-order valence-electron chi connectivity index (χ1n) is 6.24. The van der Waals surface area contributed by atoms with Gasteiger partial charge in [0, 0.05) is 11.5 Å². The summed E-state index contributed by atoms with van der Waals surface area (Å²) in [6.45, 7) is 0. The van der Waals surface area contributed by atoms with Crippen LogP contribution in [-0.2, 0) is 0 Å². The van der Waals surface area contributed by atoms with Crippen LogP contribution in [0.15, 0.2) is 51.4 Å². The molecule has 0 saturated heterocycles. The number of oxazole rings is 1. The lowest BCUT2D eigenvalue weighted by Crippen LogP contribution is -2.17. The van der Waals surface area contributed by atoms with Crippen molar-refractivity contribution in [2.24, 2.45) is 0 Å². The molecule has 0 aliphatic carbocycles. The molecule has 0 amide bonds. The fourth-order valence-corrected chi connectivity index (χ4v) is 2.83. The van der Waals surface area contributed by atoms with Crippen molar-refractivity contribution >= 4 is 28.4 Å². The predicted octanol–water partition coefficient (Wildman–Crippen LogP) is 4.18. The van der Waals surface area contributed by atoms with Gasteiger partial charge in [0.25, 0.3) is 5.22 Å². The van der Waals surface area contributed by atoms with E-state index in [4.69, 9.17) is 4.42 Å². The van der Waals surface area contributed by atoms with E-state index in [0.29, 0.717) is 0 Å². The highest BCUT2D eigenvalue weighted by Gasteiger charge is 2.31. The van der Waals surface area contributed by atoms with Gasteiger partial charge in [0.2, 0.25) is 0 Å². The van der Waals surface area contributed by atoms with Gasteiger partial charge in [0.15, 0.2) is 0 Å². The highest BCUT2D eigenvalue weighted by Crippen LogP contribution is 2.39. The van der Waals surface area contributed by atoms with Gasteiger partial charge in [-0.3, -0.25) is 10.1 Å². The second-order valence-electron chi connectivity index (χ2n) is 4.36. The summed E-state index contributed by atoms with van der Waals surface area (Å²) in [4.78, 5) is 18.4. The fraction of sp³-hybridized carbons (Fsp3) is 0.0769. The third-order valence-electron chi connectivity index (χ3n) is 2.80. The van der Waals surface area contributed by atoms with Crippen LogP contribution in [-0.4, -0.2) is 21.3 Å². The number of nitro groups is 1. The molecule has 0 saturated carbocycles. The zero-order valence-corrected chi connectivity index (χ0v) is 12.3. The molecule has 0 N–H and O–H groups in total. The van der Waals surface area contributed by atoms with Crippen LogP contribution in [0.4, 0.5) is 18.9 Å². The molecule has 0 atom stereocenters. The molecule has 0 fully saturated rings. The third kappa shape index (κ3) is 3.40. The summed E-state index contributed by atoms with van der Waals surface area (Å²) in [6, 6.07) is 3.37. The molecule has 2 heterocycles. The van der Waals surface area contributed by atoms with E-state index in [1.165, 1.54) is 18.5 Å². The Morgan fingerprint density at radius 3 is 2.71 bits per heavy atom. The number of rotatable bonds is 4. The van der Waals surface area contributed by atoms with Crippen LogP contribution >= 0.6 is 11.8 Å². The molecule has 2 aromatic heterocycles. The first-order valence-corrected chi connectivity index (χ1v) is 7.05. The number of alkyl halides is 3. The second-order valence-corrected chi connectivity index (χ2v) is 5.32. The van der Waals surface area contributed by atoms with Gasteiger partial charge in [-0.05, 0) is 23.9 Å². The standard InChI is InChI=1S/C13H6F3N3O4S/c14-13(15,16)23-7-1-2-8-9(5-7)18-6-10(19(20)21)11(8)24-12-17-3-4-22-12/h1-6H. The van der Waals surface area contributed by atoms with Crippen molar-refractivity contribution in [3.63, 3.8) is 0 Å². The van der Waals surface area contributed by atoms with Crippen LogP contribution < -0.4 is 4.74 Å². The Balaban J connectivity index is 2.11. The highest BCUT2D eigenvalue weighted by atomic mass is 32.2. The highest BCUT2D eigenvalue weighted by molar-refractivity contribution is 7.99. The maximum absolute atomic E-state index is 12.3. The number of benzene rings is 1. The van der Waals surface area contributed by atoms with Crippen LogP contribution in [0, 0.1) is 10.1 Å². The molecule has 0 radical (unpaired) electrons. The molecule has 3 aromatic rings. The van der Waals surface area contributed by atoms with Crippen LogP contribution in [0.1, 0.15) is 0 Å². The average molecular weight is 357 g/mol. The maximum Gasteiger partial charge on any atom is 0.573 e. The SMILES string of the molecule is O=[N+]([O-])c1cnc2cc(OC(F)(F)F)ccc2c1Sc1ncco1. The van der Waals surface area contributed by atoms with Crippen molar-refractivity contribution in [2.75, 3.05) is 0 Å². The number of aromatic nitrogens is 2. The van der Waals surface area contributed by atoms with E-state index >= 15 is 0 Å². The maximum atomic E-state index is 12.3. The van der Waals surface area contributed by atoms with Crippen molar-refractivity contribution in [1.82, 2.24) is 9.97 Å². The fourth-order valence-electron chi connectivity index (χ4n) is 1.92. The summed E-state index contributed by atoms with van der Waals surface area (Å²) in [5.41, 5.74) is -0.202. The number of fused-ring (bicyclic) bond motifs is 1. The van der Waals surface area contributed by atoms with Gasteiger partial charge in [0.05, 0.1) is 16.6 Å². The smallest absolute Gasteiger partial charge is 0.440 e. The number of pyridine rings is 1. The van der Waals surface area contributed by atoms with Crippen LogP contribution in [0.25, 0.3) is 10.9 Å². The molecule has 0 aliphatic heterocycles.